The van der Waals surface area contributed by atoms with Gasteiger partial charge in [0.2, 0.25) is 0 Å². The molecule has 0 aliphatic carbocycles. The Labute approximate surface area is 181 Å². The molecule has 150 valence electrons. The summed E-state index contributed by atoms with van der Waals surface area (Å²) in [5.41, 5.74) is 2.00. The predicted octanol–water partition coefficient (Wildman–Crippen LogP) is 4.11. The number of amidine groups is 1. The highest BCUT2D eigenvalue weighted by molar-refractivity contribution is 8.18. The molecule has 1 amide bonds. The number of aliphatic imine (C=N–C) groups is 1. The number of aromatic nitrogens is 2. The number of thiophene rings is 1. The lowest BCUT2D eigenvalue weighted by molar-refractivity contribution is -0.113. The third kappa shape index (κ3) is 4.35. The van der Waals surface area contributed by atoms with E-state index in [0.29, 0.717) is 44.7 Å². The number of carbonyl (C=O) groups excluding carboxylic acids is 1. The number of rotatable bonds is 5. The van der Waals surface area contributed by atoms with Gasteiger partial charge in [-0.2, -0.15) is 10.3 Å². The summed E-state index contributed by atoms with van der Waals surface area (Å²) in [4.78, 5) is 26.9. The third-order valence-corrected chi connectivity index (χ3v) is 5.87. The summed E-state index contributed by atoms with van der Waals surface area (Å²) in [6, 6.07) is 9.68. The van der Waals surface area contributed by atoms with Crippen LogP contribution in [0.5, 0.6) is 5.75 Å². The Balaban J connectivity index is 1.59. The van der Waals surface area contributed by atoms with Gasteiger partial charge in [-0.3, -0.25) is 9.78 Å². The Morgan fingerprint density at radius 2 is 2.20 bits per heavy atom. The minimum atomic E-state index is -0.307. The number of ether oxygens (including phenoxy) is 1. The van der Waals surface area contributed by atoms with Crippen LogP contribution in [0.3, 0.4) is 0 Å². The monoisotopic (exact) mass is 435 g/mol. The Kier molecular flexibility index (Phi) is 5.79. The second kappa shape index (κ2) is 8.65. The van der Waals surface area contributed by atoms with Crippen LogP contribution in [0.25, 0.3) is 17.1 Å². The third-order valence-electron chi connectivity index (χ3n) is 4.06. The molecule has 1 aliphatic heterocycles. The first kappa shape index (κ1) is 20.1. The Hall–Kier alpha value is -3.22. The van der Waals surface area contributed by atoms with Crippen molar-refractivity contribution >= 4 is 51.3 Å². The van der Waals surface area contributed by atoms with Crippen LogP contribution in [0.2, 0.25) is 0 Å². The smallest absolute Gasteiger partial charge is 0.286 e. The first-order chi connectivity index (χ1) is 14.5. The van der Waals surface area contributed by atoms with E-state index in [0.717, 1.165) is 4.88 Å². The molecule has 0 saturated carbocycles. The van der Waals surface area contributed by atoms with Gasteiger partial charge < -0.3 is 10.1 Å². The number of fused-ring (bicyclic) bond motifs is 1. The highest BCUT2D eigenvalue weighted by Gasteiger charge is 2.22. The van der Waals surface area contributed by atoms with Crippen molar-refractivity contribution in [2.24, 2.45) is 4.99 Å². The molecule has 4 rings (SSSR count). The molecule has 1 N–H and O–H groups in total. The van der Waals surface area contributed by atoms with Crippen LogP contribution < -0.4 is 10.1 Å². The molecule has 0 atom stereocenters. The summed E-state index contributed by atoms with van der Waals surface area (Å²) in [7, 11) is 0. The average molecular weight is 436 g/mol. The van der Waals surface area contributed by atoms with Crippen LogP contribution in [-0.2, 0) is 11.3 Å². The summed E-state index contributed by atoms with van der Waals surface area (Å²) >= 11 is 2.92. The first-order valence-corrected chi connectivity index (χ1v) is 10.9. The number of hydrogen-bond acceptors (Lipinski definition) is 8. The van der Waals surface area contributed by atoms with Crippen LogP contribution >= 0.6 is 23.1 Å². The van der Waals surface area contributed by atoms with Gasteiger partial charge in [-0.1, -0.05) is 6.07 Å². The molecular formula is C21H17N5O2S2. The molecule has 0 saturated heterocycles. The second-order valence-electron chi connectivity index (χ2n) is 6.65. The number of amides is 1. The fraction of sp³-hybridized carbons (Fsp3) is 0.190. The number of nitrogens with one attached hydrogen (secondary N) is 1. The molecule has 30 heavy (non-hydrogen) atoms. The van der Waals surface area contributed by atoms with E-state index in [4.69, 9.17) is 4.74 Å². The van der Waals surface area contributed by atoms with Crippen molar-refractivity contribution < 1.29 is 9.53 Å². The molecule has 3 aromatic heterocycles. The number of pyridine rings is 2. The average Bonchev–Trinajstić information content (AvgIpc) is 3.36. The lowest BCUT2D eigenvalue weighted by Crippen LogP contribution is -2.17. The van der Waals surface area contributed by atoms with Crippen molar-refractivity contribution in [2.75, 3.05) is 0 Å². The number of nitrogens with zero attached hydrogens (tertiary/aromatic N) is 4. The molecule has 7 nitrogen and oxygen atoms in total. The van der Waals surface area contributed by atoms with Crippen LogP contribution in [-0.4, -0.2) is 27.1 Å². The maximum Gasteiger partial charge on any atom is 0.286 e. The highest BCUT2D eigenvalue weighted by atomic mass is 32.2. The first-order valence-electron chi connectivity index (χ1n) is 9.19. The zero-order chi connectivity index (χ0) is 21.1. The molecule has 1 aliphatic rings. The fourth-order valence-corrected chi connectivity index (χ4v) is 4.21. The summed E-state index contributed by atoms with van der Waals surface area (Å²) in [6.07, 6.45) is 3.05. The lowest BCUT2D eigenvalue weighted by Gasteiger charge is -2.13. The second-order valence-corrected chi connectivity index (χ2v) is 8.71. The zero-order valence-electron chi connectivity index (χ0n) is 16.2. The quantitative estimate of drug-likeness (QED) is 0.602. The summed E-state index contributed by atoms with van der Waals surface area (Å²) in [5, 5.41) is 15.1. The summed E-state index contributed by atoms with van der Waals surface area (Å²) < 4.78 is 5.83. The number of hydrogen-bond donors (Lipinski definition) is 1. The van der Waals surface area contributed by atoms with E-state index in [1.165, 1.54) is 18.0 Å². The van der Waals surface area contributed by atoms with Crippen molar-refractivity contribution in [3.8, 4) is 11.8 Å². The summed E-state index contributed by atoms with van der Waals surface area (Å²) in [6.45, 7) is 4.39. The molecular weight excluding hydrogens is 418 g/mol. The van der Waals surface area contributed by atoms with Gasteiger partial charge in [0, 0.05) is 11.1 Å². The Morgan fingerprint density at radius 3 is 2.93 bits per heavy atom. The van der Waals surface area contributed by atoms with E-state index in [9.17, 15) is 10.1 Å². The Morgan fingerprint density at radius 1 is 1.33 bits per heavy atom. The van der Waals surface area contributed by atoms with Crippen LogP contribution in [0.15, 0.2) is 45.7 Å². The van der Waals surface area contributed by atoms with Gasteiger partial charge in [-0.15, -0.1) is 11.3 Å². The van der Waals surface area contributed by atoms with Gasteiger partial charge in [0.15, 0.2) is 10.9 Å². The minimum Gasteiger partial charge on any atom is -0.487 e. The van der Waals surface area contributed by atoms with Crippen molar-refractivity contribution in [3.05, 3.63) is 56.9 Å². The minimum absolute atomic E-state index is 0.121. The zero-order valence-corrected chi connectivity index (χ0v) is 17.9. The highest BCUT2D eigenvalue weighted by Crippen LogP contribution is 2.30. The van der Waals surface area contributed by atoms with Gasteiger partial charge in [0.05, 0.1) is 28.8 Å². The molecule has 0 spiro atoms. The van der Waals surface area contributed by atoms with E-state index in [1.807, 2.05) is 31.4 Å². The lowest BCUT2D eigenvalue weighted by atomic mass is 10.2. The van der Waals surface area contributed by atoms with E-state index < -0.39 is 0 Å². The van der Waals surface area contributed by atoms with Crippen LogP contribution in [0, 0.1) is 11.3 Å². The van der Waals surface area contributed by atoms with Crippen molar-refractivity contribution in [3.63, 3.8) is 0 Å². The normalized spacial score (nSPS) is 14.9. The van der Waals surface area contributed by atoms with Crippen molar-refractivity contribution in [1.82, 2.24) is 15.3 Å². The van der Waals surface area contributed by atoms with E-state index in [-0.39, 0.29) is 12.0 Å². The molecule has 0 aromatic carbocycles. The largest absolute Gasteiger partial charge is 0.487 e. The standard InChI is InChI=1S/C21H17N5O2S2/c1-12(2)28-19-13(9-22)10-23-16-6-5-14(25-18(16)19)8-17-20(27)26-21(30-17)24-11-15-4-3-7-29-15/h3-8,10,12H,11H2,1-2H3,(H,24,26,27)/b17-8-. The van der Waals surface area contributed by atoms with E-state index in [1.54, 1.807) is 29.5 Å². The molecule has 0 unspecified atom stereocenters. The Bertz CT molecular complexity index is 1210. The van der Waals surface area contributed by atoms with Gasteiger partial charge >= 0.3 is 0 Å². The number of thioether (sulfide) groups is 1. The van der Waals surface area contributed by atoms with Gasteiger partial charge in [-0.05, 0) is 55.3 Å². The molecule has 0 radical (unpaired) electrons. The van der Waals surface area contributed by atoms with Crippen LogP contribution in [0.4, 0.5) is 0 Å². The topological polar surface area (TPSA) is 100 Å². The molecule has 0 bridgehead atoms. The van der Waals surface area contributed by atoms with E-state index >= 15 is 0 Å². The predicted molar refractivity (Wildman–Crippen MR) is 119 cm³/mol. The SMILES string of the molecule is CC(C)Oc1c(C#N)cnc2ccc(/C=C3\SC(NCc4cccs4)=NC3=O)nc12. The maximum atomic E-state index is 12.3. The van der Waals surface area contributed by atoms with Crippen molar-refractivity contribution in [2.45, 2.75) is 26.5 Å². The maximum absolute atomic E-state index is 12.3. The molecule has 3 aromatic rings. The fourth-order valence-electron chi connectivity index (χ4n) is 2.77. The molecule has 9 heteroatoms. The number of nitriles is 1. The van der Waals surface area contributed by atoms with Gasteiger partial charge in [-0.25, -0.2) is 4.98 Å². The molecule has 4 heterocycles. The molecule has 0 fully saturated rings. The summed E-state index contributed by atoms with van der Waals surface area (Å²) in [5.74, 6) is 0.0934. The van der Waals surface area contributed by atoms with Crippen LogP contribution in [0.1, 0.15) is 30.0 Å². The van der Waals surface area contributed by atoms with E-state index in [2.05, 4.69) is 26.3 Å². The van der Waals surface area contributed by atoms with Gasteiger partial charge in [0.25, 0.3) is 5.91 Å². The number of carbonyl (C=O) groups is 1. The van der Waals surface area contributed by atoms with Crippen molar-refractivity contribution in [1.29, 1.82) is 5.26 Å². The van der Waals surface area contributed by atoms with Gasteiger partial charge in [0.1, 0.15) is 17.1 Å².